The Morgan fingerprint density at radius 1 is 1.62 bits per heavy atom. The zero-order valence-corrected chi connectivity index (χ0v) is 9.36. The molecular weight excluding hydrogens is 277 g/mol. The van der Waals surface area contributed by atoms with Crippen LogP contribution in [0, 0.1) is 3.57 Å². The number of aromatic hydroxyl groups is 1. The van der Waals surface area contributed by atoms with Crippen LogP contribution in [-0.4, -0.2) is 5.11 Å². The third-order valence-corrected chi connectivity index (χ3v) is 2.48. The van der Waals surface area contributed by atoms with E-state index in [9.17, 15) is 5.11 Å². The van der Waals surface area contributed by atoms with Crippen molar-refractivity contribution in [3.8, 4) is 5.75 Å². The Kier molecular flexibility index (Phi) is 3.74. The Hall–Kier alpha value is -0.550. The molecule has 2 nitrogen and oxygen atoms in total. The molecule has 0 spiro atoms. The molecule has 1 atom stereocenters. The molecule has 13 heavy (non-hydrogen) atoms. The highest BCUT2D eigenvalue weighted by atomic mass is 127. The van der Waals surface area contributed by atoms with Gasteiger partial charge < -0.3 is 10.8 Å². The highest BCUT2D eigenvalue weighted by molar-refractivity contribution is 14.1. The lowest BCUT2D eigenvalue weighted by Gasteiger charge is -2.11. The molecule has 3 heteroatoms. The number of phenols is 1. The normalized spacial score (nSPS) is 12.5. The first-order valence-electron chi connectivity index (χ1n) is 4.00. The summed E-state index contributed by atoms with van der Waals surface area (Å²) < 4.78 is 1.00. The molecule has 3 N–H and O–H groups in total. The molecule has 0 saturated heterocycles. The standard InChI is InChI=1S/C10H12INO/c1-2-3-9(12)8-5-4-7(11)6-10(8)13/h2,4-6,9,13H,1,3,12H2. The summed E-state index contributed by atoms with van der Waals surface area (Å²) in [4.78, 5) is 0. The number of phenolic OH excluding ortho intramolecular Hbond substituents is 1. The Morgan fingerprint density at radius 2 is 2.31 bits per heavy atom. The fraction of sp³-hybridized carbons (Fsp3) is 0.200. The van der Waals surface area contributed by atoms with Gasteiger partial charge in [0.15, 0.2) is 0 Å². The van der Waals surface area contributed by atoms with E-state index < -0.39 is 0 Å². The molecule has 0 fully saturated rings. The zero-order valence-electron chi connectivity index (χ0n) is 7.20. The second-order valence-electron chi connectivity index (χ2n) is 2.83. The summed E-state index contributed by atoms with van der Waals surface area (Å²) in [5, 5.41) is 9.57. The van der Waals surface area contributed by atoms with Crippen LogP contribution in [-0.2, 0) is 0 Å². The summed E-state index contributed by atoms with van der Waals surface area (Å²) in [6, 6.07) is 5.33. The summed E-state index contributed by atoms with van der Waals surface area (Å²) in [5.74, 6) is 0.265. The predicted octanol–water partition coefficient (Wildman–Crippen LogP) is 2.57. The number of halogens is 1. The minimum atomic E-state index is -0.158. The second-order valence-corrected chi connectivity index (χ2v) is 4.08. The zero-order chi connectivity index (χ0) is 9.84. The predicted molar refractivity (Wildman–Crippen MR) is 62.6 cm³/mol. The number of hydrogen-bond acceptors (Lipinski definition) is 2. The topological polar surface area (TPSA) is 46.2 Å². The van der Waals surface area contributed by atoms with Crippen LogP contribution in [0.4, 0.5) is 0 Å². The van der Waals surface area contributed by atoms with Gasteiger partial charge in [-0.25, -0.2) is 0 Å². The highest BCUT2D eigenvalue weighted by Crippen LogP contribution is 2.26. The molecule has 70 valence electrons. The van der Waals surface area contributed by atoms with Gasteiger partial charge in [0.1, 0.15) is 5.75 Å². The Morgan fingerprint density at radius 3 is 2.85 bits per heavy atom. The van der Waals surface area contributed by atoms with Crippen molar-refractivity contribution in [2.45, 2.75) is 12.5 Å². The van der Waals surface area contributed by atoms with Crippen molar-refractivity contribution in [1.82, 2.24) is 0 Å². The van der Waals surface area contributed by atoms with Gasteiger partial charge in [-0.05, 0) is 41.1 Å². The van der Waals surface area contributed by atoms with E-state index >= 15 is 0 Å². The van der Waals surface area contributed by atoms with E-state index in [1.54, 1.807) is 12.1 Å². The third-order valence-electron chi connectivity index (χ3n) is 1.81. The van der Waals surface area contributed by atoms with Gasteiger partial charge in [0.25, 0.3) is 0 Å². The molecule has 0 bridgehead atoms. The van der Waals surface area contributed by atoms with Crippen molar-refractivity contribution >= 4 is 22.6 Å². The number of nitrogens with two attached hydrogens (primary N) is 1. The summed E-state index contributed by atoms with van der Waals surface area (Å²) in [6.45, 7) is 3.61. The van der Waals surface area contributed by atoms with E-state index in [0.717, 1.165) is 9.13 Å². The lowest BCUT2D eigenvalue weighted by molar-refractivity contribution is 0.461. The first-order chi connectivity index (χ1) is 6.15. The van der Waals surface area contributed by atoms with Gasteiger partial charge in [-0.3, -0.25) is 0 Å². The van der Waals surface area contributed by atoms with Crippen molar-refractivity contribution in [1.29, 1.82) is 0 Å². The summed E-state index contributed by atoms with van der Waals surface area (Å²) in [7, 11) is 0. The van der Waals surface area contributed by atoms with E-state index in [4.69, 9.17) is 5.73 Å². The van der Waals surface area contributed by atoms with Gasteiger partial charge in [-0.2, -0.15) is 0 Å². The fourth-order valence-corrected chi connectivity index (χ4v) is 1.61. The van der Waals surface area contributed by atoms with E-state index in [1.165, 1.54) is 0 Å². The van der Waals surface area contributed by atoms with E-state index in [0.29, 0.717) is 6.42 Å². The molecule has 0 aliphatic carbocycles. The van der Waals surface area contributed by atoms with Crippen molar-refractivity contribution in [3.05, 3.63) is 40.0 Å². The van der Waals surface area contributed by atoms with Crippen molar-refractivity contribution < 1.29 is 5.11 Å². The van der Waals surface area contributed by atoms with E-state index in [1.807, 2.05) is 12.1 Å². The van der Waals surface area contributed by atoms with Gasteiger partial charge in [-0.15, -0.1) is 6.58 Å². The maximum atomic E-state index is 9.57. The molecule has 0 radical (unpaired) electrons. The smallest absolute Gasteiger partial charge is 0.121 e. The molecule has 1 unspecified atom stereocenters. The minimum absolute atomic E-state index is 0.158. The largest absolute Gasteiger partial charge is 0.508 e. The van der Waals surface area contributed by atoms with Crippen LogP contribution in [0.1, 0.15) is 18.0 Å². The van der Waals surface area contributed by atoms with Gasteiger partial charge in [-0.1, -0.05) is 12.1 Å². The van der Waals surface area contributed by atoms with Crippen LogP contribution in [0.3, 0.4) is 0 Å². The quantitative estimate of drug-likeness (QED) is 0.663. The molecule has 0 amide bonds. The molecule has 0 aliphatic heterocycles. The highest BCUT2D eigenvalue weighted by Gasteiger charge is 2.08. The van der Waals surface area contributed by atoms with Crippen LogP contribution >= 0.6 is 22.6 Å². The maximum Gasteiger partial charge on any atom is 0.121 e. The SMILES string of the molecule is C=CCC(N)c1ccc(I)cc1O. The van der Waals surface area contributed by atoms with Crippen LogP contribution in [0.2, 0.25) is 0 Å². The molecule has 0 aliphatic rings. The van der Waals surface area contributed by atoms with Crippen molar-refractivity contribution in [2.75, 3.05) is 0 Å². The van der Waals surface area contributed by atoms with Crippen molar-refractivity contribution in [2.24, 2.45) is 5.73 Å². The molecule has 1 aromatic rings. The third kappa shape index (κ3) is 2.70. The van der Waals surface area contributed by atoms with Crippen LogP contribution in [0.25, 0.3) is 0 Å². The van der Waals surface area contributed by atoms with E-state index in [2.05, 4.69) is 29.2 Å². The molecule has 1 rings (SSSR count). The van der Waals surface area contributed by atoms with Gasteiger partial charge in [0.2, 0.25) is 0 Å². The molecule has 0 saturated carbocycles. The number of hydrogen-bond donors (Lipinski definition) is 2. The van der Waals surface area contributed by atoms with Gasteiger partial charge in [0.05, 0.1) is 0 Å². The Bertz CT molecular complexity index is 312. The number of rotatable bonds is 3. The summed E-state index contributed by atoms with van der Waals surface area (Å²) >= 11 is 2.15. The number of benzene rings is 1. The van der Waals surface area contributed by atoms with Crippen LogP contribution in [0.5, 0.6) is 5.75 Å². The first kappa shape index (κ1) is 10.5. The lowest BCUT2D eigenvalue weighted by Crippen LogP contribution is -2.09. The molecule has 1 aromatic carbocycles. The summed E-state index contributed by atoms with van der Waals surface area (Å²) in [5.41, 5.74) is 6.60. The average molecular weight is 289 g/mol. The first-order valence-corrected chi connectivity index (χ1v) is 5.08. The fourth-order valence-electron chi connectivity index (χ4n) is 1.14. The minimum Gasteiger partial charge on any atom is -0.508 e. The van der Waals surface area contributed by atoms with Gasteiger partial charge in [0, 0.05) is 15.2 Å². The van der Waals surface area contributed by atoms with Crippen molar-refractivity contribution in [3.63, 3.8) is 0 Å². The molecule has 0 aromatic heterocycles. The lowest BCUT2D eigenvalue weighted by atomic mass is 10.0. The monoisotopic (exact) mass is 289 g/mol. The van der Waals surface area contributed by atoms with Crippen LogP contribution in [0.15, 0.2) is 30.9 Å². The van der Waals surface area contributed by atoms with E-state index in [-0.39, 0.29) is 11.8 Å². The summed E-state index contributed by atoms with van der Waals surface area (Å²) in [6.07, 6.45) is 2.43. The Balaban J connectivity index is 2.94. The Labute approximate surface area is 91.6 Å². The van der Waals surface area contributed by atoms with Crippen LogP contribution < -0.4 is 5.73 Å². The second kappa shape index (κ2) is 4.62. The molecular formula is C10H12INO. The maximum absolute atomic E-state index is 9.57. The van der Waals surface area contributed by atoms with Gasteiger partial charge >= 0.3 is 0 Å². The average Bonchev–Trinajstić information content (AvgIpc) is 2.04. The molecule has 0 heterocycles.